The van der Waals surface area contributed by atoms with E-state index in [9.17, 15) is 25.0 Å². The van der Waals surface area contributed by atoms with E-state index in [4.69, 9.17) is 0 Å². The van der Waals surface area contributed by atoms with E-state index in [2.05, 4.69) is 38.2 Å². The number of hydrogen-bond donors (Lipinski definition) is 1. The highest BCUT2D eigenvalue weighted by molar-refractivity contribution is 5.95. The van der Waals surface area contributed by atoms with E-state index in [1.807, 2.05) is 6.08 Å². The number of nitrogens with zero attached hydrogens (tertiary/aromatic N) is 3. The van der Waals surface area contributed by atoms with Gasteiger partial charge < -0.3 is 0 Å². The van der Waals surface area contributed by atoms with Crippen LogP contribution in [-0.4, -0.2) is 21.8 Å². The van der Waals surface area contributed by atoms with Crippen LogP contribution >= 0.6 is 0 Å². The van der Waals surface area contributed by atoms with Crippen LogP contribution in [-0.2, 0) is 4.79 Å². The van der Waals surface area contributed by atoms with E-state index < -0.39 is 9.85 Å². The number of allylic oxidation sites excluding steroid dienone is 2. The van der Waals surface area contributed by atoms with Gasteiger partial charge in [-0.2, -0.15) is 5.10 Å². The Bertz CT molecular complexity index is 1200. The predicted molar refractivity (Wildman–Crippen MR) is 162 cm³/mol. The van der Waals surface area contributed by atoms with Crippen molar-refractivity contribution in [2.75, 3.05) is 5.43 Å². The third kappa shape index (κ3) is 6.54. The van der Waals surface area contributed by atoms with Crippen molar-refractivity contribution in [2.24, 2.45) is 45.5 Å². The average molecular weight is 567 g/mol. The largest absolute Gasteiger partial charge is 0.301 e. The first kappa shape index (κ1) is 30.8. The summed E-state index contributed by atoms with van der Waals surface area (Å²) in [6.07, 6.45) is 17.8. The fourth-order valence-electron chi connectivity index (χ4n) is 8.36. The highest BCUT2D eigenvalue weighted by Crippen LogP contribution is 2.63. The SMILES string of the molecule is CC(C)CCCC[C@H]1CCC2C(C/C=N/Nc3ccc([N+](=O)[O-])cc3[N+](=O)[O-])C([C@@]3(C)CCC=CC3=O)CC[C@@]21C. The van der Waals surface area contributed by atoms with Gasteiger partial charge in [0.1, 0.15) is 5.69 Å². The lowest BCUT2D eigenvalue weighted by Crippen LogP contribution is -2.49. The number of fused-ring (bicyclic) bond motifs is 1. The molecule has 0 aromatic heterocycles. The lowest BCUT2D eigenvalue weighted by Gasteiger charge is -2.53. The number of non-ortho nitro benzene ring substituents is 1. The summed E-state index contributed by atoms with van der Waals surface area (Å²) in [7, 11) is 0. The number of carbonyl (C=O) groups is 1. The second-order valence-corrected chi connectivity index (χ2v) is 13.5. The van der Waals surface area contributed by atoms with Gasteiger partial charge in [-0.3, -0.25) is 30.4 Å². The summed E-state index contributed by atoms with van der Waals surface area (Å²) in [6, 6.07) is 3.50. The van der Waals surface area contributed by atoms with Gasteiger partial charge in [-0.15, -0.1) is 0 Å². The fourth-order valence-corrected chi connectivity index (χ4v) is 8.36. The lowest BCUT2D eigenvalue weighted by atomic mass is 9.50. The molecule has 1 aromatic rings. The van der Waals surface area contributed by atoms with Gasteiger partial charge in [-0.1, -0.05) is 53.0 Å². The quantitative estimate of drug-likeness (QED) is 0.117. The molecule has 224 valence electrons. The molecule has 3 aliphatic rings. The van der Waals surface area contributed by atoms with E-state index in [-0.39, 0.29) is 39.6 Å². The number of benzene rings is 1. The molecule has 1 aromatic carbocycles. The first-order valence-electron chi connectivity index (χ1n) is 15.4. The monoisotopic (exact) mass is 566 g/mol. The van der Waals surface area contributed by atoms with E-state index >= 15 is 0 Å². The molecule has 0 aliphatic heterocycles. The van der Waals surface area contributed by atoms with Crippen molar-refractivity contribution in [3.63, 3.8) is 0 Å². The molecule has 6 atom stereocenters. The van der Waals surface area contributed by atoms with Gasteiger partial charge in [0.2, 0.25) is 0 Å². The number of nitro groups is 2. The molecule has 0 heterocycles. The van der Waals surface area contributed by atoms with Gasteiger partial charge in [0, 0.05) is 17.7 Å². The molecular formula is C32H46N4O5. The van der Waals surface area contributed by atoms with Crippen LogP contribution in [0.25, 0.3) is 0 Å². The van der Waals surface area contributed by atoms with Crippen molar-refractivity contribution in [2.45, 2.75) is 98.3 Å². The summed E-state index contributed by atoms with van der Waals surface area (Å²) in [4.78, 5) is 34.6. The minimum atomic E-state index is -0.651. The van der Waals surface area contributed by atoms with Crippen LogP contribution in [0.1, 0.15) is 98.3 Å². The lowest BCUT2D eigenvalue weighted by molar-refractivity contribution is -0.393. The normalized spacial score (nSPS) is 31.5. The number of nitro benzene ring substituents is 2. The van der Waals surface area contributed by atoms with Gasteiger partial charge in [0.25, 0.3) is 5.69 Å². The van der Waals surface area contributed by atoms with E-state index in [0.29, 0.717) is 24.2 Å². The number of nitrogens with one attached hydrogen (secondary N) is 1. The average Bonchev–Trinajstić information content (AvgIpc) is 3.26. The van der Waals surface area contributed by atoms with Crippen molar-refractivity contribution < 1.29 is 14.6 Å². The summed E-state index contributed by atoms with van der Waals surface area (Å²) < 4.78 is 0. The van der Waals surface area contributed by atoms with Gasteiger partial charge in [0.05, 0.1) is 15.9 Å². The standard InChI is InChI=1S/C32H46N4O5/c1-22(2)9-5-6-10-23-12-14-26-25(27(16-19-31(23,26)3)32(4)18-8-7-11-30(32)37)17-20-33-34-28-15-13-24(35(38)39)21-29(28)36(40)41/h7,11,13,15,20-23,25-27,34H,5-6,8-10,12,14,16-19H2,1-4H3/b33-20+/t23-,25?,26?,27?,31+,32+/m0/s1. The van der Waals surface area contributed by atoms with Gasteiger partial charge in [-0.25, -0.2) is 0 Å². The first-order chi connectivity index (χ1) is 19.5. The van der Waals surface area contributed by atoms with Crippen LogP contribution in [0.5, 0.6) is 0 Å². The van der Waals surface area contributed by atoms with E-state index in [1.54, 1.807) is 12.3 Å². The molecule has 9 heteroatoms. The third-order valence-electron chi connectivity index (χ3n) is 10.7. The number of anilines is 1. The number of hydrazone groups is 1. The molecule has 9 nitrogen and oxygen atoms in total. The molecule has 0 spiro atoms. The maximum Gasteiger partial charge on any atom is 0.301 e. The Kier molecular flexibility index (Phi) is 9.65. The first-order valence-corrected chi connectivity index (χ1v) is 15.4. The zero-order valence-electron chi connectivity index (χ0n) is 25.0. The molecule has 2 saturated carbocycles. The van der Waals surface area contributed by atoms with Crippen LogP contribution in [0, 0.1) is 60.6 Å². The Morgan fingerprint density at radius 2 is 1.85 bits per heavy atom. The zero-order chi connectivity index (χ0) is 29.8. The molecule has 2 fully saturated rings. The maximum atomic E-state index is 13.3. The van der Waals surface area contributed by atoms with Crippen molar-refractivity contribution in [1.82, 2.24) is 0 Å². The van der Waals surface area contributed by atoms with Gasteiger partial charge in [-0.05, 0) is 98.5 Å². The minimum Gasteiger partial charge on any atom is -0.294 e. The molecule has 1 N–H and O–H groups in total. The van der Waals surface area contributed by atoms with Crippen LogP contribution in [0.15, 0.2) is 35.5 Å². The molecular weight excluding hydrogens is 520 g/mol. The molecule has 3 unspecified atom stereocenters. The molecule has 0 amide bonds. The summed E-state index contributed by atoms with van der Waals surface area (Å²) in [6.45, 7) is 9.23. The zero-order valence-corrected chi connectivity index (χ0v) is 25.0. The molecule has 0 saturated heterocycles. The van der Waals surface area contributed by atoms with Gasteiger partial charge in [0.15, 0.2) is 5.78 Å². The Labute approximate surface area is 243 Å². The van der Waals surface area contributed by atoms with Crippen LogP contribution in [0.4, 0.5) is 17.1 Å². The fraction of sp³-hybridized carbons (Fsp3) is 0.688. The molecule has 41 heavy (non-hydrogen) atoms. The maximum absolute atomic E-state index is 13.3. The number of rotatable bonds is 12. The predicted octanol–water partition coefficient (Wildman–Crippen LogP) is 8.49. The number of hydrogen-bond acceptors (Lipinski definition) is 7. The van der Waals surface area contributed by atoms with Crippen molar-refractivity contribution >= 4 is 29.1 Å². The van der Waals surface area contributed by atoms with Crippen molar-refractivity contribution in [3.05, 3.63) is 50.6 Å². The van der Waals surface area contributed by atoms with Crippen molar-refractivity contribution in [1.29, 1.82) is 0 Å². The summed E-state index contributed by atoms with van der Waals surface area (Å²) >= 11 is 0. The minimum absolute atomic E-state index is 0.115. The Morgan fingerprint density at radius 1 is 1.07 bits per heavy atom. The molecule has 3 aliphatic carbocycles. The Hall–Kier alpha value is -3.10. The van der Waals surface area contributed by atoms with Crippen LogP contribution in [0.3, 0.4) is 0 Å². The summed E-state index contributed by atoms with van der Waals surface area (Å²) in [5.41, 5.74) is 2.02. The molecule has 4 rings (SSSR count). The highest BCUT2D eigenvalue weighted by Gasteiger charge is 2.57. The van der Waals surface area contributed by atoms with Crippen LogP contribution < -0.4 is 5.43 Å². The molecule has 0 radical (unpaired) electrons. The second-order valence-electron chi connectivity index (χ2n) is 13.5. The van der Waals surface area contributed by atoms with Crippen molar-refractivity contribution in [3.8, 4) is 0 Å². The van der Waals surface area contributed by atoms with Gasteiger partial charge >= 0.3 is 5.69 Å². The smallest absolute Gasteiger partial charge is 0.294 e. The Balaban J connectivity index is 1.53. The third-order valence-corrected chi connectivity index (χ3v) is 10.7. The second kappa shape index (κ2) is 12.8. The highest BCUT2D eigenvalue weighted by atomic mass is 16.6. The number of carbonyl (C=O) groups excluding carboxylic acids is 1. The van der Waals surface area contributed by atoms with Crippen LogP contribution in [0.2, 0.25) is 0 Å². The number of ketones is 1. The topological polar surface area (TPSA) is 128 Å². The van der Waals surface area contributed by atoms with E-state index in [0.717, 1.165) is 37.7 Å². The Morgan fingerprint density at radius 3 is 2.54 bits per heavy atom. The molecule has 0 bridgehead atoms. The number of unbranched alkanes of at least 4 members (excludes halogenated alkanes) is 1. The summed E-state index contributed by atoms with van der Waals surface area (Å²) in [5, 5.41) is 27.0. The summed E-state index contributed by atoms with van der Waals surface area (Å²) in [5.74, 6) is 2.75. The van der Waals surface area contributed by atoms with E-state index in [1.165, 1.54) is 50.7 Å².